The van der Waals surface area contributed by atoms with Gasteiger partial charge >= 0.3 is 5.97 Å². The molecule has 1 aliphatic heterocycles. The molecule has 0 bridgehead atoms. The fraction of sp³-hybridized carbons (Fsp3) is 0.333. The number of hydrogen-bond acceptors (Lipinski definition) is 5. The number of nitrogens with one attached hydrogen (secondary N) is 1. The molecule has 1 aromatic carbocycles. The van der Waals surface area contributed by atoms with Crippen LogP contribution < -0.4 is 10.1 Å². The largest absolute Gasteiger partial charge is 0.488 e. The van der Waals surface area contributed by atoms with E-state index in [1.807, 2.05) is 17.5 Å². The molecule has 0 radical (unpaired) electrons. The van der Waals surface area contributed by atoms with Crippen LogP contribution in [0.25, 0.3) is 0 Å². The number of hydrogen-bond donors (Lipinski definition) is 2. The average Bonchev–Trinajstić information content (AvgIpc) is 3.14. The molecule has 7 heteroatoms. The maximum absolute atomic E-state index is 12.5. The van der Waals surface area contributed by atoms with Gasteiger partial charge in [-0.2, -0.15) is 0 Å². The molecule has 1 saturated heterocycles. The van der Waals surface area contributed by atoms with Crippen molar-refractivity contribution in [2.45, 2.75) is 25.0 Å². The molecule has 2 heterocycles. The van der Waals surface area contributed by atoms with E-state index in [2.05, 4.69) is 5.32 Å². The number of carboxylic acid groups (broad SMARTS) is 1. The molecule has 0 aliphatic carbocycles. The van der Waals surface area contributed by atoms with Gasteiger partial charge in [-0.1, -0.05) is 12.1 Å². The molecule has 1 aliphatic rings. The van der Waals surface area contributed by atoms with Gasteiger partial charge in [0.1, 0.15) is 17.9 Å². The van der Waals surface area contributed by atoms with Gasteiger partial charge in [-0.25, -0.2) is 4.79 Å². The van der Waals surface area contributed by atoms with E-state index in [4.69, 9.17) is 9.47 Å². The summed E-state index contributed by atoms with van der Waals surface area (Å²) in [5, 5.41) is 14.2. The first kappa shape index (κ1) is 17.4. The highest BCUT2D eigenvalue weighted by Gasteiger charge is 2.41. The Morgan fingerprint density at radius 2 is 2.04 bits per heavy atom. The van der Waals surface area contributed by atoms with Crippen LogP contribution in [-0.4, -0.2) is 35.7 Å². The molecule has 0 unspecified atom stereocenters. The zero-order chi connectivity index (χ0) is 17.7. The first-order chi connectivity index (χ1) is 12.1. The third-order valence-electron chi connectivity index (χ3n) is 4.17. The van der Waals surface area contributed by atoms with Crippen molar-refractivity contribution >= 4 is 23.2 Å². The van der Waals surface area contributed by atoms with Crippen LogP contribution in [0.5, 0.6) is 5.75 Å². The van der Waals surface area contributed by atoms with Gasteiger partial charge in [0.2, 0.25) is 0 Å². The van der Waals surface area contributed by atoms with E-state index in [0.29, 0.717) is 31.1 Å². The molecular formula is C18H19NO5S. The third-order valence-corrected chi connectivity index (χ3v) is 5.02. The van der Waals surface area contributed by atoms with Gasteiger partial charge < -0.3 is 19.9 Å². The van der Waals surface area contributed by atoms with Gasteiger partial charge in [-0.05, 0) is 29.6 Å². The zero-order valence-corrected chi connectivity index (χ0v) is 14.4. The van der Waals surface area contributed by atoms with Crippen molar-refractivity contribution < 1.29 is 24.2 Å². The minimum Gasteiger partial charge on any atom is -0.488 e. The molecule has 0 atom stereocenters. The van der Waals surface area contributed by atoms with Crippen LogP contribution in [0.1, 0.15) is 28.1 Å². The summed E-state index contributed by atoms with van der Waals surface area (Å²) in [5.74, 6) is -0.891. The van der Waals surface area contributed by atoms with Gasteiger partial charge in [0.25, 0.3) is 5.91 Å². The van der Waals surface area contributed by atoms with E-state index >= 15 is 0 Å². The first-order valence-corrected chi connectivity index (χ1v) is 8.86. The zero-order valence-electron chi connectivity index (χ0n) is 13.6. The van der Waals surface area contributed by atoms with E-state index in [9.17, 15) is 14.7 Å². The highest BCUT2D eigenvalue weighted by Crippen LogP contribution is 2.23. The standard InChI is InChI=1S/C18H19NO5S/c20-16(19-18(17(21)22)6-8-23-9-7-18)13-3-1-4-14(11-13)24-12-15-5-2-10-25-15/h1-5,10-11H,6-9,12H2,(H,19,20)(H,21,22). The molecule has 132 valence electrons. The molecule has 3 rings (SSSR count). The number of rotatable bonds is 6. The molecule has 1 fully saturated rings. The molecule has 6 nitrogen and oxygen atoms in total. The smallest absolute Gasteiger partial charge is 0.329 e. The summed E-state index contributed by atoms with van der Waals surface area (Å²) < 4.78 is 10.9. The average molecular weight is 361 g/mol. The Bertz CT molecular complexity index is 738. The summed E-state index contributed by atoms with van der Waals surface area (Å²) in [5.41, 5.74) is -0.904. The van der Waals surface area contributed by atoms with Crippen molar-refractivity contribution in [3.8, 4) is 5.75 Å². The van der Waals surface area contributed by atoms with Gasteiger partial charge in [0, 0.05) is 36.5 Å². The SMILES string of the molecule is O=C(NC1(C(=O)O)CCOCC1)c1cccc(OCc2cccs2)c1. The molecule has 2 aromatic rings. The molecular weight excluding hydrogens is 342 g/mol. The lowest BCUT2D eigenvalue weighted by atomic mass is 9.89. The van der Waals surface area contributed by atoms with Crippen LogP contribution in [0.15, 0.2) is 41.8 Å². The summed E-state index contributed by atoms with van der Waals surface area (Å²) in [6, 6.07) is 10.7. The lowest BCUT2D eigenvalue weighted by Crippen LogP contribution is -2.57. The summed E-state index contributed by atoms with van der Waals surface area (Å²) in [7, 11) is 0. The van der Waals surface area contributed by atoms with Crippen LogP contribution in [0.4, 0.5) is 0 Å². The predicted octanol–water partition coefficient (Wildman–Crippen LogP) is 2.69. The van der Waals surface area contributed by atoms with Gasteiger partial charge in [0.05, 0.1) is 0 Å². The maximum Gasteiger partial charge on any atom is 0.329 e. The predicted molar refractivity (Wildman–Crippen MR) is 93.0 cm³/mol. The monoisotopic (exact) mass is 361 g/mol. The lowest BCUT2D eigenvalue weighted by Gasteiger charge is -2.33. The van der Waals surface area contributed by atoms with Crippen molar-refractivity contribution in [2.75, 3.05) is 13.2 Å². The van der Waals surface area contributed by atoms with Crippen molar-refractivity contribution in [1.82, 2.24) is 5.32 Å². The topological polar surface area (TPSA) is 84.9 Å². The van der Waals surface area contributed by atoms with E-state index < -0.39 is 17.4 Å². The second kappa shape index (κ2) is 7.67. The molecule has 2 N–H and O–H groups in total. The van der Waals surface area contributed by atoms with E-state index in [1.54, 1.807) is 35.6 Å². The van der Waals surface area contributed by atoms with Crippen molar-refractivity contribution in [2.24, 2.45) is 0 Å². The Labute approximate surface area is 149 Å². The van der Waals surface area contributed by atoms with Crippen molar-refractivity contribution in [3.05, 3.63) is 52.2 Å². The molecule has 0 spiro atoms. The third kappa shape index (κ3) is 4.18. The summed E-state index contributed by atoms with van der Waals surface area (Å²) in [6.45, 7) is 1.06. The second-order valence-electron chi connectivity index (χ2n) is 5.85. The molecule has 1 amide bonds. The van der Waals surface area contributed by atoms with Crippen LogP contribution >= 0.6 is 11.3 Å². The summed E-state index contributed by atoms with van der Waals surface area (Å²) in [6.07, 6.45) is 0.505. The molecule has 25 heavy (non-hydrogen) atoms. The maximum atomic E-state index is 12.5. The van der Waals surface area contributed by atoms with Crippen molar-refractivity contribution in [3.63, 3.8) is 0 Å². The number of aliphatic carboxylic acids is 1. The Hall–Kier alpha value is -2.38. The van der Waals surface area contributed by atoms with Gasteiger partial charge in [-0.3, -0.25) is 4.79 Å². The normalized spacial score (nSPS) is 16.2. The number of thiophene rings is 1. The van der Waals surface area contributed by atoms with Crippen LogP contribution in [0.2, 0.25) is 0 Å². The minimum atomic E-state index is -1.27. The fourth-order valence-electron chi connectivity index (χ4n) is 2.68. The number of carbonyl (C=O) groups is 2. The van der Waals surface area contributed by atoms with Crippen LogP contribution in [-0.2, 0) is 16.1 Å². The quantitative estimate of drug-likeness (QED) is 0.826. The molecule has 0 saturated carbocycles. The molecule has 1 aromatic heterocycles. The minimum absolute atomic E-state index is 0.253. The van der Waals surface area contributed by atoms with Gasteiger partial charge in [0.15, 0.2) is 0 Å². The fourth-order valence-corrected chi connectivity index (χ4v) is 3.29. The highest BCUT2D eigenvalue weighted by atomic mass is 32.1. The van der Waals surface area contributed by atoms with Crippen LogP contribution in [0, 0.1) is 0 Å². The first-order valence-electron chi connectivity index (χ1n) is 7.98. The van der Waals surface area contributed by atoms with Crippen LogP contribution in [0.3, 0.4) is 0 Å². The van der Waals surface area contributed by atoms with Gasteiger partial charge in [-0.15, -0.1) is 11.3 Å². The Morgan fingerprint density at radius 3 is 2.72 bits per heavy atom. The van der Waals surface area contributed by atoms with E-state index in [1.165, 1.54) is 0 Å². The second-order valence-corrected chi connectivity index (χ2v) is 6.88. The summed E-state index contributed by atoms with van der Waals surface area (Å²) >= 11 is 1.60. The number of amides is 1. The lowest BCUT2D eigenvalue weighted by molar-refractivity contribution is -0.148. The summed E-state index contributed by atoms with van der Waals surface area (Å²) in [4.78, 5) is 25.3. The number of benzene rings is 1. The Morgan fingerprint density at radius 1 is 1.24 bits per heavy atom. The van der Waals surface area contributed by atoms with Crippen molar-refractivity contribution in [1.29, 1.82) is 0 Å². The highest BCUT2D eigenvalue weighted by molar-refractivity contribution is 7.09. The number of ether oxygens (including phenoxy) is 2. The van der Waals surface area contributed by atoms with E-state index in [0.717, 1.165) is 4.88 Å². The van der Waals surface area contributed by atoms with E-state index in [-0.39, 0.29) is 12.8 Å². The number of carbonyl (C=O) groups excluding carboxylic acids is 1. The Balaban J connectivity index is 1.69. The Kier molecular flexibility index (Phi) is 5.35. The number of carboxylic acids is 1.